The Balaban J connectivity index is 2.63. The van der Waals surface area contributed by atoms with Gasteiger partial charge in [-0.1, -0.05) is 13.8 Å². The first kappa shape index (κ1) is 18.1. The van der Waals surface area contributed by atoms with Crippen LogP contribution in [0.1, 0.15) is 39.0 Å². The van der Waals surface area contributed by atoms with E-state index in [4.69, 9.17) is 0 Å². The van der Waals surface area contributed by atoms with E-state index < -0.39 is 10.0 Å². The second-order valence-electron chi connectivity index (χ2n) is 4.94. The van der Waals surface area contributed by atoms with Crippen molar-refractivity contribution in [3.63, 3.8) is 0 Å². The molecule has 0 radical (unpaired) electrons. The van der Waals surface area contributed by atoms with Gasteiger partial charge in [-0.3, -0.25) is 4.79 Å². The van der Waals surface area contributed by atoms with Gasteiger partial charge in [0, 0.05) is 30.9 Å². The van der Waals surface area contributed by atoms with Gasteiger partial charge in [-0.05, 0) is 31.9 Å². The van der Waals surface area contributed by atoms with Gasteiger partial charge in [0.15, 0.2) is 0 Å². The van der Waals surface area contributed by atoms with E-state index in [-0.39, 0.29) is 18.5 Å². The summed E-state index contributed by atoms with van der Waals surface area (Å²) in [5.74, 6) is -0.0343. The van der Waals surface area contributed by atoms with E-state index in [1.165, 1.54) is 18.3 Å². The molecular weight excluding hydrogens is 308 g/mol. The number of carbonyl (C=O) groups excluding carboxylic acids is 1. The summed E-state index contributed by atoms with van der Waals surface area (Å²) in [6.07, 6.45) is 1.67. The van der Waals surface area contributed by atoms with Gasteiger partial charge >= 0.3 is 0 Å². The highest BCUT2D eigenvalue weighted by atomic mass is 32.2. The average Bonchev–Trinajstić information content (AvgIpc) is 2.92. The van der Waals surface area contributed by atoms with Crippen LogP contribution in [0.4, 0.5) is 0 Å². The number of nitrogens with one attached hydrogen (secondary N) is 1. The molecule has 1 aromatic rings. The van der Waals surface area contributed by atoms with Crippen molar-refractivity contribution < 1.29 is 13.2 Å². The van der Waals surface area contributed by atoms with E-state index in [2.05, 4.69) is 4.72 Å². The lowest BCUT2D eigenvalue weighted by Crippen LogP contribution is -2.42. The van der Waals surface area contributed by atoms with Gasteiger partial charge in [-0.2, -0.15) is 0 Å². The zero-order chi connectivity index (χ0) is 16.0. The summed E-state index contributed by atoms with van der Waals surface area (Å²) in [6, 6.07) is 3.57. The van der Waals surface area contributed by atoms with Gasteiger partial charge in [0.1, 0.15) is 4.21 Å². The van der Waals surface area contributed by atoms with E-state index >= 15 is 0 Å². The molecule has 1 atom stereocenters. The molecule has 1 N–H and O–H groups in total. The van der Waals surface area contributed by atoms with Crippen LogP contribution in [0.3, 0.4) is 0 Å². The first-order valence-corrected chi connectivity index (χ1v) is 9.47. The predicted octanol–water partition coefficient (Wildman–Crippen LogP) is 2.24. The van der Waals surface area contributed by atoms with Crippen molar-refractivity contribution in [2.24, 2.45) is 0 Å². The number of amides is 1. The lowest BCUT2D eigenvalue weighted by molar-refractivity contribution is -0.130. The molecule has 21 heavy (non-hydrogen) atoms. The van der Waals surface area contributed by atoms with Crippen molar-refractivity contribution in [3.05, 3.63) is 17.0 Å². The Morgan fingerprint density at radius 2 is 2.05 bits per heavy atom. The maximum absolute atomic E-state index is 12.1. The smallest absolute Gasteiger partial charge is 0.250 e. The van der Waals surface area contributed by atoms with Crippen molar-refractivity contribution >= 4 is 27.3 Å². The van der Waals surface area contributed by atoms with Gasteiger partial charge in [0.25, 0.3) is 0 Å². The fourth-order valence-electron chi connectivity index (χ4n) is 1.97. The molecule has 0 spiro atoms. The molecule has 1 unspecified atom stereocenters. The molecule has 7 heteroatoms. The Hall–Kier alpha value is -0.920. The minimum atomic E-state index is -3.47. The molecule has 120 valence electrons. The van der Waals surface area contributed by atoms with Gasteiger partial charge in [-0.25, -0.2) is 13.1 Å². The number of sulfonamides is 1. The van der Waals surface area contributed by atoms with Crippen molar-refractivity contribution in [2.75, 3.05) is 13.1 Å². The van der Waals surface area contributed by atoms with E-state index in [1.54, 1.807) is 11.0 Å². The van der Waals surface area contributed by atoms with Crippen molar-refractivity contribution in [1.29, 1.82) is 0 Å². The monoisotopic (exact) mass is 332 g/mol. The van der Waals surface area contributed by atoms with E-state index in [9.17, 15) is 13.2 Å². The third-order valence-electron chi connectivity index (χ3n) is 3.42. The maximum atomic E-state index is 12.1. The first-order valence-electron chi connectivity index (χ1n) is 7.17. The summed E-state index contributed by atoms with van der Waals surface area (Å²) in [5, 5.41) is 0. The fraction of sp³-hybridized carbons (Fsp3) is 0.643. The molecule has 0 aliphatic carbocycles. The number of hydrogen-bond donors (Lipinski definition) is 1. The number of rotatable bonds is 8. The molecule has 0 saturated carbocycles. The Morgan fingerprint density at radius 3 is 2.52 bits per heavy atom. The molecule has 0 aromatic carbocycles. The normalized spacial score (nSPS) is 13.1. The summed E-state index contributed by atoms with van der Waals surface area (Å²) in [7, 11) is -3.47. The molecule has 1 amide bonds. The third-order valence-corrected chi connectivity index (χ3v) is 6.60. The van der Waals surface area contributed by atoms with Gasteiger partial charge in [0.2, 0.25) is 15.9 Å². The number of carbonyl (C=O) groups is 1. The van der Waals surface area contributed by atoms with E-state index in [1.807, 2.05) is 26.8 Å². The molecule has 0 saturated heterocycles. The molecular formula is C14H24N2O3S2. The first-order chi connectivity index (χ1) is 9.81. The minimum absolute atomic E-state index is 0.0343. The Morgan fingerprint density at radius 1 is 1.38 bits per heavy atom. The lowest BCUT2D eigenvalue weighted by Gasteiger charge is -2.27. The van der Waals surface area contributed by atoms with Crippen molar-refractivity contribution in [2.45, 2.75) is 50.8 Å². The quantitative estimate of drug-likeness (QED) is 0.794. The zero-order valence-electron chi connectivity index (χ0n) is 13.0. The van der Waals surface area contributed by atoms with Crippen LogP contribution in [-0.4, -0.2) is 38.4 Å². The molecule has 0 bridgehead atoms. The lowest BCUT2D eigenvalue weighted by atomic mass is 10.2. The molecule has 1 aromatic heterocycles. The summed E-state index contributed by atoms with van der Waals surface area (Å²) in [6.45, 7) is 8.08. The Kier molecular flexibility index (Phi) is 6.83. The van der Waals surface area contributed by atoms with Crippen LogP contribution in [0, 0.1) is 0 Å². The Bertz CT molecular complexity index is 567. The second-order valence-corrected chi connectivity index (χ2v) is 8.10. The summed E-state index contributed by atoms with van der Waals surface area (Å²) >= 11 is 1.28. The summed E-state index contributed by atoms with van der Waals surface area (Å²) < 4.78 is 27.2. The fourth-order valence-corrected chi connectivity index (χ4v) is 4.33. The number of aryl methyl sites for hydroxylation is 1. The van der Waals surface area contributed by atoms with Crippen LogP contribution < -0.4 is 4.72 Å². The molecule has 0 fully saturated rings. The molecule has 1 rings (SSSR count). The van der Waals surface area contributed by atoms with Gasteiger partial charge in [0.05, 0.1) is 0 Å². The molecule has 0 aliphatic heterocycles. The third kappa shape index (κ3) is 5.09. The molecule has 0 aliphatic rings. The highest BCUT2D eigenvalue weighted by Gasteiger charge is 2.19. The maximum Gasteiger partial charge on any atom is 0.250 e. The standard InChI is InChI=1S/C14H24N2O3S2/c1-5-11(3)16(12(4)17)10-9-15-21(18,19)14-8-7-13(6-2)20-14/h7-8,11,15H,5-6,9-10H2,1-4H3. The minimum Gasteiger partial charge on any atom is -0.339 e. The second kappa shape index (κ2) is 7.91. The zero-order valence-corrected chi connectivity index (χ0v) is 14.7. The van der Waals surface area contributed by atoms with Crippen LogP contribution in [0.25, 0.3) is 0 Å². The number of thiophene rings is 1. The SMILES string of the molecule is CCc1ccc(S(=O)(=O)NCCN(C(C)=O)C(C)CC)s1. The largest absolute Gasteiger partial charge is 0.339 e. The highest BCUT2D eigenvalue weighted by Crippen LogP contribution is 2.21. The van der Waals surface area contributed by atoms with Crippen LogP contribution >= 0.6 is 11.3 Å². The van der Waals surface area contributed by atoms with Crippen molar-refractivity contribution in [1.82, 2.24) is 9.62 Å². The molecule has 1 heterocycles. The van der Waals surface area contributed by atoms with Gasteiger partial charge < -0.3 is 4.90 Å². The Labute approximate surface area is 131 Å². The van der Waals surface area contributed by atoms with E-state index in [0.29, 0.717) is 10.8 Å². The average molecular weight is 332 g/mol. The predicted molar refractivity (Wildman–Crippen MR) is 86.0 cm³/mol. The van der Waals surface area contributed by atoms with Crippen LogP contribution in [-0.2, 0) is 21.2 Å². The number of nitrogens with zero attached hydrogens (tertiary/aromatic N) is 1. The van der Waals surface area contributed by atoms with Crippen LogP contribution in [0.15, 0.2) is 16.3 Å². The summed E-state index contributed by atoms with van der Waals surface area (Å²) in [5.41, 5.74) is 0. The summed E-state index contributed by atoms with van der Waals surface area (Å²) in [4.78, 5) is 14.3. The van der Waals surface area contributed by atoms with Crippen molar-refractivity contribution in [3.8, 4) is 0 Å². The van der Waals surface area contributed by atoms with Crippen LogP contribution in [0.2, 0.25) is 0 Å². The van der Waals surface area contributed by atoms with E-state index in [0.717, 1.165) is 17.7 Å². The number of hydrogen-bond acceptors (Lipinski definition) is 4. The molecule has 5 nitrogen and oxygen atoms in total. The highest BCUT2D eigenvalue weighted by molar-refractivity contribution is 7.91. The topological polar surface area (TPSA) is 66.5 Å². The van der Waals surface area contributed by atoms with Crippen LogP contribution in [0.5, 0.6) is 0 Å². The van der Waals surface area contributed by atoms with Gasteiger partial charge in [-0.15, -0.1) is 11.3 Å².